The molecule has 0 saturated heterocycles. The number of fused-ring (bicyclic) bond motifs is 1. The number of nitriles is 1. The Bertz CT molecular complexity index is 765. The van der Waals surface area contributed by atoms with Crippen LogP contribution in [-0.2, 0) is 13.6 Å². The zero-order chi connectivity index (χ0) is 13.2. The van der Waals surface area contributed by atoms with Crippen LogP contribution < -0.4 is 5.32 Å². The van der Waals surface area contributed by atoms with Crippen LogP contribution in [0.5, 0.6) is 0 Å². The average Bonchev–Trinajstić information content (AvgIpc) is 3.03. The van der Waals surface area contributed by atoms with Gasteiger partial charge in [0.05, 0.1) is 23.6 Å². The van der Waals surface area contributed by atoms with Gasteiger partial charge in [-0.25, -0.2) is 9.97 Å². The zero-order valence-electron chi connectivity index (χ0n) is 10.3. The fraction of sp³-hybridized carbons (Fsp3) is 0.154. The number of anilines is 1. The van der Waals surface area contributed by atoms with Crippen molar-refractivity contribution in [2.45, 2.75) is 6.54 Å². The van der Waals surface area contributed by atoms with Crippen molar-refractivity contribution in [2.75, 3.05) is 5.32 Å². The highest BCUT2D eigenvalue weighted by Crippen LogP contribution is 2.19. The van der Waals surface area contributed by atoms with Crippen molar-refractivity contribution in [2.24, 2.45) is 7.05 Å². The van der Waals surface area contributed by atoms with Gasteiger partial charge in [0.1, 0.15) is 10.9 Å². The minimum atomic E-state index is 0.614. The van der Waals surface area contributed by atoms with Crippen LogP contribution >= 0.6 is 11.3 Å². The molecule has 6 heteroatoms. The maximum Gasteiger partial charge on any atom is 0.184 e. The number of nitrogens with zero attached hydrogens (tertiary/aromatic N) is 4. The molecule has 3 rings (SSSR count). The second-order valence-corrected chi connectivity index (χ2v) is 5.20. The smallest absolute Gasteiger partial charge is 0.184 e. The first kappa shape index (κ1) is 11.7. The summed E-state index contributed by atoms with van der Waals surface area (Å²) in [6.45, 7) is 0.672. The molecule has 19 heavy (non-hydrogen) atoms. The van der Waals surface area contributed by atoms with Gasteiger partial charge in [0.25, 0.3) is 0 Å². The SMILES string of the molecule is Cn1cnc2cc(CNc3ncc(C#N)s3)ccc21. The largest absolute Gasteiger partial charge is 0.357 e. The van der Waals surface area contributed by atoms with Gasteiger partial charge in [0, 0.05) is 13.6 Å². The van der Waals surface area contributed by atoms with Crippen LogP contribution in [0.3, 0.4) is 0 Å². The molecule has 0 unspecified atom stereocenters. The molecule has 5 nitrogen and oxygen atoms in total. The summed E-state index contributed by atoms with van der Waals surface area (Å²) in [6.07, 6.45) is 3.39. The monoisotopic (exact) mass is 269 g/mol. The number of nitrogens with one attached hydrogen (secondary N) is 1. The second-order valence-electron chi connectivity index (χ2n) is 4.17. The van der Waals surface area contributed by atoms with Crippen molar-refractivity contribution in [1.29, 1.82) is 5.26 Å². The van der Waals surface area contributed by atoms with Gasteiger partial charge in [-0.15, -0.1) is 0 Å². The van der Waals surface area contributed by atoms with Gasteiger partial charge in [-0.3, -0.25) is 0 Å². The summed E-state index contributed by atoms with van der Waals surface area (Å²) in [5.41, 5.74) is 3.24. The first-order valence-electron chi connectivity index (χ1n) is 5.76. The number of benzene rings is 1. The third kappa shape index (κ3) is 2.28. The number of aromatic nitrogens is 3. The van der Waals surface area contributed by atoms with Crippen molar-refractivity contribution in [3.8, 4) is 6.07 Å². The number of rotatable bonds is 3. The van der Waals surface area contributed by atoms with Gasteiger partial charge >= 0.3 is 0 Å². The summed E-state index contributed by atoms with van der Waals surface area (Å²) in [5, 5.41) is 12.7. The summed E-state index contributed by atoms with van der Waals surface area (Å²) in [7, 11) is 1.98. The molecule has 0 aliphatic carbocycles. The van der Waals surface area contributed by atoms with Crippen LogP contribution in [0.15, 0.2) is 30.7 Å². The van der Waals surface area contributed by atoms with Crippen LogP contribution in [-0.4, -0.2) is 14.5 Å². The van der Waals surface area contributed by atoms with E-state index in [1.807, 2.05) is 17.9 Å². The number of hydrogen-bond acceptors (Lipinski definition) is 5. The molecule has 0 aliphatic rings. The fourth-order valence-corrected chi connectivity index (χ4v) is 2.49. The van der Waals surface area contributed by atoms with E-state index in [1.54, 1.807) is 6.20 Å². The first-order chi connectivity index (χ1) is 9.26. The van der Waals surface area contributed by atoms with Crippen molar-refractivity contribution in [1.82, 2.24) is 14.5 Å². The Hall–Kier alpha value is -2.39. The zero-order valence-corrected chi connectivity index (χ0v) is 11.1. The average molecular weight is 269 g/mol. The van der Waals surface area contributed by atoms with E-state index in [-0.39, 0.29) is 0 Å². The lowest BCUT2D eigenvalue weighted by molar-refractivity contribution is 0.947. The highest BCUT2D eigenvalue weighted by Gasteiger charge is 2.03. The van der Waals surface area contributed by atoms with Crippen LogP contribution in [0.1, 0.15) is 10.4 Å². The van der Waals surface area contributed by atoms with Crippen molar-refractivity contribution < 1.29 is 0 Å². The van der Waals surface area contributed by atoms with Gasteiger partial charge in [-0.2, -0.15) is 5.26 Å². The van der Waals surface area contributed by atoms with Crippen LogP contribution in [0.2, 0.25) is 0 Å². The molecule has 0 saturated carbocycles. The maximum atomic E-state index is 8.74. The van der Waals surface area contributed by atoms with E-state index in [9.17, 15) is 0 Å². The van der Waals surface area contributed by atoms with E-state index in [0.717, 1.165) is 21.7 Å². The van der Waals surface area contributed by atoms with E-state index in [0.29, 0.717) is 11.4 Å². The van der Waals surface area contributed by atoms with Crippen molar-refractivity contribution in [3.63, 3.8) is 0 Å². The third-order valence-corrected chi connectivity index (χ3v) is 3.71. The Labute approximate surface area is 114 Å². The van der Waals surface area contributed by atoms with E-state index >= 15 is 0 Å². The maximum absolute atomic E-state index is 8.74. The first-order valence-corrected chi connectivity index (χ1v) is 6.57. The molecule has 0 aliphatic heterocycles. The van der Waals surface area contributed by atoms with Crippen LogP contribution in [0.4, 0.5) is 5.13 Å². The summed E-state index contributed by atoms with van der Waals surface area (Å²) in [6, 6.07) is 8.26. The van der Waals surface area contributed by atoms with Gasteiger partial charge in [-0.05, 0) is 17.7 Å². The molecule has 1 aromatic carbocycles. The molecule has 3 aromatic rings. The lowest BCUT2D eigenvalue weighted by Gasteiger charge is -2.03. The molecule has 94 valence electrons. The van der Waals surface area contributed by atoms with Gasteiger partial charge < -0.3 is 9.88 Å². The lowest BCUT2D eigenvalue weighted by Crippen LogP contribution is -1.98. The topological polar surface area (TPSA) is 66.5 Å². The summed E-state index contributed by atoms with van der Waals surface area (Å²) >= 11 is 1.36. The summed E-state index contributed by atoms with van der Waals surface area (Å²) in [5.74, 6) is 0. The molecular formula is C13H11N5S. The van der Waals surface area contributed by atoms with E-state index in [2.05, 4.69) is 39.6 Å². The standard InChI is InChI=1S/C13H11N5S/c1-18-8-17-11-4-9(2-3-12(11)18)6-15-13-16-7-10(5-14)19-13/h2-4,7-8H,6H2,1H3,(H,15,16). The van der Waals surface area contributed by atoms with Gasteiger partial charge in [0.2, 0.25) is 0 Å². The predicted molar refractivity (Wildman–Crippen MR) is 74.9 cm³/mol. The Balaban J connectivity index is 1.76. The molecule has 0 spiro atoms. The molecular weight excluding hydrogens is 258 g/mol. The molecule has 1 N–H and O–H groups in total. The highest BCUT2D eigenvalue weighted by molar-refractivity contribution is 7.16. The van der Waals surface area contributed by atoms with Crippen LogP contribution in [0.25, 0.3) is 11.0 Å². The van der Waals surface area contributed by atoms with Gasteiger partial charge in [0.15, 0.2) is 5.13 Å². The van der Waals surface area contributed by atoms with Crippen LogP contribution in [0, 0.1) is 11.3 Å². The number of thiazole rings is 1. The van der Waals surface area contributed by atoms with Crippen molar-refractivity contribution >= 4 is 27.5 Å². The Morgan fingerprint density at radius 1 is 1.42 bits per heavy atom. The summed E-state index contributed by atoms with van der Waals surface area (Å²) in [4.78, 5) is 9.08. The van der Waals surface area contributed by atoms with Gasteiger partial charge in [-0.1, -0.05) is 17.4 Å². The fourth-order valence-electron chi connectivity index (χ4n) is 1.88. The molecule has 0 atom stereocenters. The molecule has 0 radical (unpaired) electrons. The quantitative estimate of drug-likeness (QED) is 0.793. The second kappa shape index (κ2) is 4.71. The normalized spacial score (nSPS) is 10.5. The third-order valence-electron chi connectivity index (χ3n) is 2.85. The Kier molecular flexibility index (Phi) is 2.89. The minimum absolute atomic E-state index is 0.614. The molecule has 0 bridgehead atoms. The van der Waals surface area contributed by atoms with E-state index in [1.165, 1.54) is 11.3 Å². The Morgan fingerprint density at radius 2 is 2.32 bits per heavy atom. The lowest BCUT2D eigenvalue weighted by atomic mass is 10.2. The predicted octanol–water partition coefficient (Wildman–Crippen LogP) is 2.51. The number of aryl methyl sites for hydroxylation is 1. The molecule has 0 fully saturated rings. The minimum Gasteiger partial charge on any atom is -0.357 e. The summed E-state index contributed by atoms with van der Waals surface area (Å²) < 4.78 is 1.99. The highest BCUT2D eigenvalue weighted by atomic mass is 32.1. The Morgan fingerprint density at radius 3 is 3.11 bits per heavy atom. The molecule has 2 heterocycles. The molecule has 0 amide bonds. The van der Waals surface area contributed by atoms with E-state index < -0.39 is 0 Å². The van der Waals surface area contributed by atoms with E-state index in [4.69, 9.17) is 5.26 Å². The molecule has 2 aromatic heterocycles. The number of imidazole rings is 1. The number of hydrogen-bond donors (Lipinski definition) is 1. The van der Waals surface area contributed by atoms with Crippen molar-refractivity contribution in [3.05, 3.63) is 41.2 Å².